The average Bonchev–Trinajstić information content (AvgIpc) is 3.26. The number of phenols is 1. The molecule has 0 aliphatic rings. The van der Waals surface area contributed by atoms with Gasteiger partial charge in [-0.3, -0.25) is 33.6 Å². The highest BCUT2D eigenvalue weighted by Crippen LogP contribution is 2.14. The molecule has 0 spiro atoms. The van der Waals surface area contributed by atoms with Crippen molar-refractivity contribution in [3.8, 4) is 5.75 Å². The van der Waals surface area contributed by atoms with Crippen LogP contribution in [0.5, 0.6) is 5.75 Å². The number of aromatic hydroxyl groups is 1. The molecule has 0 aliphatic heterocycles. The van der Waals surface area contributed by atoms with Gasteiger partial charge in [-0.05, 0) is 105 Å². The number of carbonyl (C=O) groups is 8. The Labute approximate surface area is 395 Å². The molecular weight excluding hydrogens is 899 g/mol. The Balaban J connectivity index is 3.34. The number of benzene rings is 1. The maximum Gasteiger partial charge on any atom is 0.326 e. The molecule has 0 saturated carbocycles. The zero-order valence-corrected chi connectivity index (χ0v) is 40.4. The van der Waals surface area contributed by atoms with Gasteiger partial charge in [-0.2, -0.15) is 23.5 Å². The molecule has 0 fully saturated rings. The number of hydrogen-bond donors (Lipinski definition) is 13. The highest BCUT2D eigenvalue weighted by atomic mass is 32.2. The van der Waals surface area contributed by atoms with E-state index >= 15 is 0 Å². The fourth-order valence-electron chi connectivity index (χ4n) is 6.41. The number of carbonyl (C=O) groups excluding carboxylic acids is 7. The van der Waals surface area contributed by atoms with Crippen LogP contribution in [0, 0.1) is 11.8 Å². The number of unbranched alkanes of at least 4 members (excludes halogenated alkanes) is 1. The van der Waals surface area contributed by atoms with E-state index in [0.29, 0.717) is 42.9 Å². The number of carboxylic acids is 1. The normalized spacial score (nSPS) is 14.9. The van der Waals surface area contributed by atoms with Crippen LogP contribution >= 0.6 is 23.5 Å². The van der Waals surface area contributed by atoms with Crippen molar-refractivity contribution in [2.45, 2.75) is 127 Å². The van der Waals surface area contributed by atoms with Crippen molar-refractivity contribution in [3.05, 3.63) is 29.8 Å². The van der Waals surface area contributed by atoms with Crippen molar-refractivity contribution in [1.29, 1.82) is 0 Å². The summed E-state index contributed by atoms with van der Waals surface area (Å²) >= 11 is 2.89. The van der Waals surface area contributed by atoms with E-state index in [4.69, 9.17) is 11.5 Å². The molecule has 0 aliphatic carbocycles. The van der Waals surface area contributed by atoms with Gasteiger partial charge in [0.05, 0.1) is 19.3 Å². The zero-order chi connectivity index (χ0) is 49.9. The molecule has 374 valence electrons. The van der Waals surface area contributed by atoms with Gasteiger partial charge in [-0.15, -0.1) is 0 Å². The molecule has 1 aromatic carbocycles. The Morgan fingerprint density at radius 1 is 0.545 bits per heavy atom. The molecule has 0 saturated heterocycles. The molecule has 0 aromatic heterocycles. The van der Waals surface area contributed by atoms with Crippen molar-refractivity contribution < 1.29 is 58.8 Å². The van der Waals surface area contributed by atoms with E-state index in [2.05, 4.69) is 37.2 Å². The van der Waals surface area contributed by atoms with E-state index in [9.17, 15) is 58.8 Å². The van der Waals surface area contributed by atoms with Crippen molar-refractivity contribution in [1.82, 2.24) is 37.2 Å². The summed E-state index contributed by atoms with van der Waals surface area (Å²) in [5.74, 6) is -6.47. The Morgan fingerprint density at radius 2 is 0.939 bits per heavy atom. The second kappa shape index (κ2) is 32.1. The van der Waals surface area contributed by atoms with Crippen molar-refractivity contribution in [2.24, 2.45) is 23.3 Å². The van der Waals surface area contributed by atoms with E-state index in [1.807, 2.05) is 20.1 Å². The fraction of sp³-hybridized carbons (Fsp3) is 0.674. The van der Waals surface area contributed by atoms with Crippen LogP contribution in [-0.4, -0.2) is 160 Å². The van der Waals surface area contributed by atoms with Crippen LogP contribution in [-0.2, 0) is 44.8 Å². The number of thioether (sulfide) groups is 2. The van der Waals surface area contributed by atoms with E-state index in [1.54, 1.807) is 20.1 Å². The molecule has 8 atom stereocenters. The largest absolute Gasteiger partial charge is 0.508 e. The number of nitrogens with one attached hydrogen (secondary N) is 7. The summed E-state index contributed by atoms with van der Waals surface area (Å²) in [6.07, 6.45) is 5.23. The van der Waals surface area contributed by atoms with Crippen LogP contribution in [0.25, 0.3) is 0 Å². The Hall–Kier alpha value is -4.68. The van der Waals surface area contributed by atoms with Crippen LogP contribution in [0.2, 0.25) is 0 Å². The predicted molar refractivity (Wildman–Crippen MR) is 253 cm³/mol. The number of amides is 7. The van der Waals surface area contributed by atoms with Gasteiger partial charge in [-0.1, -0.05) is 39.8 Å². The molecule has 0 heterocycles. The van der Waals surface area contributed by atoms with Gasteiger partial charge in [0, 0.05) is 6.42 Å². The van der Waals surface area contributed by atoms with Gasteiger partial charge in [0.2, 0.25) is 41.4 Å². The second-order valence-corrected chi connectivity index (χ2v) is 18.7. The minimum absolute atomic E-state index is 0.00985. The first-order valence-corrected chi connectivity index (χ1v) is 24.8. The molecule has 0 radical (unpaired) electrons. The van der Waals surface area contributed by atoms with Gasteiger partial charge >= 0.3 is 5.97 Å². The van der Waals surface area contributed by atoms with Crippen LogP contribution in [0.1, 0.15) is 78.2 Å². The Morgan fingerprint density at radius 3 is 1.39 bits per heavy atom. The maximum atomic E-state index is 14.1. The van der Waals surface area contributed by atoms with Crippen molar-refractivity contribution in [3.63, 3.8) is 0 Å². The molecule has 1 aromatic rings. The van der Waals surface area contributed by atoms with Crippen LogP contribution in [0.3, 0.4) is 0 Å². The number of aliphatic carboxylic acids is 1. The van der Waals surface area contributed by atoms with Crippen LogP contribution in [0.4, 0.5) is 0 Å². The fourth-order valence-corrected chi connectivity index (χ4v) is 7.38. The number of carboxylic acid groups (broad SMARTS) is 1. The Bertz CT molecular complexity index is 1710. The first-order valence-electron chi connectivity index (χ1n) is 22.0. The molecule has 23 heteroatoms. The topological polar surface area (TPSA) is 354 Å². The number of phenolic OH excluding ortho intramolecular Hbond substituents is 1. The van der Waals surface area contributed by atoms with E-state index < -0.39 is 109 Å². The average molecular weight is 972 g/mol. The summed E-state index contributed by atoms with van der Waals surface area (Å²) in [6.45, 7) is 5.59. The van der Waals surface area contributed by atoms with Gasteiger partial charge < -0.3 is 69.1 Å². The van der Waals surface area contributed by atoms with Crippen LogP contribution in [0.15, 0.2) is 24.3 Å². The second-order valence-electron chi connectivity index (χ2n) is 16.7. The molecule has 7 amide bonds. The maximum absolute atomic E-state index is 14.1. The highest BCUT2D eigenvalue weighted by Gasteiger charge is 2.34. The van der Waals surface area contributed by atoms with Gasteiger partial charge in [0.25, 0.3) is 0 Å². The lowest BCUT2D eigenvalue weighted by atomic mass is 10.00. The number of nitrogens with two attached hydrogens (primary N) is 2. The summed E-state index contributed by atoms with van der Waals surface area (Å²) in [5, 5.41) is 57.5. The minimum atomic E-state index is -1.69. The smallest absolute Gasteiger partial charge is 0.326 e. The summed E-state index contributed by atoms with van der Waals surface area (Å²) in [7, 11) is 0. The summed E-state index contributed by atoms with van der Waals surface area (Å²) in [6, 6.07) is -4.71. The lowest BCUT2D eigenvalue weighted by Gasteiger charge is -2.28. The number of hydrogen-bond acceptors (Lipinski definition) is 15. The van der Waals surface area contributed by atoms with Crippen molar-refractivity contribution >= 4 is 70.8 Å². The first kappa shape index (κ1) is 59.3. The standard InChI is InChI=1S/C43H73N9O12S2/c1-24(2)19-31(48-36(56)28(45)14-17-65-5)39(59)51-35(23-54)42(62)52-34(22-53)41(61)49-32(20-25(3)4)38(58)50-33(21-26-10-12-27(55)13-11-26)40(60)46-29(15-18-66-6)37(57)47-30(43(63)64)9-7-8-16-44/h10-13,24-25,28-35,53-55H,7-9,14-23,44-45H2,1-6H3,(H,46,60)(H,47,57)(H,48,56)(H,49,61)(H,50,58)(H,51,59)(H,52,62)(H,63,64). The number of rotatable bonds is 33. The molecule has 8 unspecified atom stereocenters. The van der Waals surface area contributed by atoms with Gasteiger partial charge in [0.15, 0.2) is 0 Å². The minimum Gasteiger partial charge on any atom is -0.508 e. The number of aliphatic hydroxyl groups is 2. The first-order chi connectivity index (χ1) is 31.2. The molecule has 66 heavy (non-hydrogen) atoms. The predicted octanol–water partition coefficient (Wildman–Crippen LogP) is -1.55. The van der Waals surface area contributed by atoms with Gasteiger partial charge in [-0.25, -0.2) is 4.79 Å². The van der Waals surface area contributed by atoms with Crippen LogP contribution < -0.4 is 48.7 Å². The molecule has 1 rings (SSSR count). The summed E-state index contributed by atoms with van der Waals surface area (Å²) in [4.78, 5) is 107. The third-order valence-electron chi connectivity index (χ3n) is 10.1. The molecule has 0 bridgehead atoms. The molecule has 15 N–H and O–H groups in total. The lowest BCUT2D eigenvalue weighted by Crippen LogP contribution is -2.61. The van der Waals surface area contributed by atoms with Gasteiger partial charge in [0.1, 0.15) is 48.0 Å². The quantitative estimate of drug-likeness (QED) is 0.0355. The number of aliphatic hydroxyl groups excluding tert-OH is 2. The summed E-state index contributed by atoms with van der Waals surface area (Å²) in [5.41, 5.74) is 12.0. The third-order valence-corrected chi connectivity index (χ3v) is 11.4. The zero-order valence-electron chi connectivity index (χ0n) is 38.8. The lowest BCUT2D eigenvalue weighted by molar-refractivity contribution is -0.142. The molecular formula is C43H73N9O12S2. The van der Waals surface area contributed by atoms with E-state index in [-0.39, 0.29) is 49.7 Å². The van der Waals surface area contributed by atoms with E-state index in [1.165, 1.54) is 47.8 Å². The third kappa shape index (κ3) is 22.7. The monoisotopic (exact) mass is 971 g/mol. The summed E-state index contributed by atoms with van der Waals surface area (Å²) < 4.78 is 0. The SMILES string of the molecule is CSCCC(N)C(=O)NC(CC(C)C)C(=O)NC(CO)C(=O)NC(CO)C(=O)NC(CC(C)C)C(=O)NC(Cc1ccc(O)cc1)C(=O)NC(CCSC)C(=O)NC(CCCCN)C(=O)O. The van der Waals surface area contributed by atoms with Crippen molar-refractivity contribution in [2.75, 3.05) is 43.8 Å². The molecule has 21 nitrogen and oxygen atoms in total. The van der Waals surface area contributed by atoms with E-state index in [0.717, 1.165) is 0 Å². The highest BCUT2D eigenvalue weighted by molar-refractivity contribution is 7.98. The Kier molecular flexibility index (Phi) is 28.9.